The summed E-state index contributed by atoms with van der Waals surface area (Å²) in [6.45, 7) is 6.22. The van der Waals surface area contributed by atoms with Gasteiger partial charge in [-0.3, -0.25) is 4.79 Å². The Kier molecular flexibility index (Phi) is 7.40. The number of nitrogens with zero attached hydrogens (tertiary/aromatic N) is 2. The number of fused-ring (bicyclic) bond motifs is 1. The van der Waals surface area contributed by atoms with Crippen molar-refractivity contribution in [2.75, 3.05) is 7.11 Å². The van der Waals surface area contributed by atoms with Gasteiger partial charge in [0, 0.05) is 12.2 Å². The van der Waals surface area contributed by atoms with E-state index in [0.29, 0.717) is 23.3 Å². The van der Waals surface area contributed by atoms with Gasteiger partial charge in [0.1, 0.15) is 5.82 Å². The third kappa shape index (κ3) is 5.17. The first kappa shape index (κ1) is 24.7. The molecule has 0 unspecified atom stereocenters. The van der Waals surface area contributed by atoms with E-state index in [1.165, 1.54) is 31.0 Å². The molecule has 2 aromatic carbocycles. The van der Waals surface area contributed by atoms with E-state index in [1.54, 1.807) is 12.1 Å². The Bertz CT molecular complexity index is 1270. The summed E-state index contributed by atoms with van der Waals surface area (Å²) in [6.07, 6.45) is 0.672. The third-order valence-electron chi connectivity index (χ3n) is 6.08. The van der Waals surface area contributed by atoms with Crippen LogP contribution in [-0.2, 0) is 20.9 Å². The molecule has 1 amide bonds. The average molecular weight is 494 g/mol. The van der Waals surface area contributed by atoms with E-state index in [2.05, 4.69) is 11.4 Å². The van der Waals surface area contributed by atoms with Crippen LogP contribution in [0.4, 0.5) is 4.39 Å². The maximum Gasteiger partial charge on any atom is 0.338 e. The number of carbonyl (C=O) groups is 2. The van der Waals surface area contributed by atoms with Gasteiger partial charge in [0.2, 0.25) is 5.91 Å². The molecule has 6 nitrogen and oxygen atoms in total. The Balaban J connectivity index is 1.66. The molecule has 4 rings (SSSR count). The van der Waals surface area contributed by atoms with Crippen LogP contribution in [0.2, 0.25) is 0 Å². The van der Waals surface area contributed by atoms with Gasteiger partial charge in [0.25, 0.3) is 0 Å². The molecule has 0 aliphatic carbocycles. The molecular formula is C27H28FN3O3S. The minimum Gasteiger partial charge on any atom is -0.466 e. The van der Waals surface area contributed by atoms with E-state index in [4.69, 9.17) is 9.73 Å². The molecule has 2 aromatic rings. The Morgan fingerprint density at radius 3 is 2.71 bits per heavy atom. The highest BCUT2D eigenvalue weighted by molar-refractivity contribution is 8.16. The van der Waals surface area contributed by atoms with Crippen LogP contribution in [0.3, 0.4) is 0 Å². The lowest BCUT2D eigenvalue weighted by Crippen LogP contribution is -2.38. The van der Waals surface area contributed by atoms with Crippen molar-refractivity contribution in [1.29, 1.82) is 0 Å². The predicted molar refractivity (Wildman–Crippen MR) is 136 cm³/mol. The summed E-state index contributed by atoms with van der Waals surface area (Å²) < 4.78 is 18.7. The second kappa shape index (κ2) is 10.5. The number of benzene rings is 2. The first-order chi connectivity index (χ1) is 16.8. The van der Waals surface area contributed by atoms with Crippen molar-refractivity contribution in [3.8, 4) is 0 Å². The third-order valence-corrected chi connectivity index (χ3v) is 6.97. The molecule has 1 atom stereocenters. The van der Waals surface area contributed by atoms with Gasteiger partial charge in [-0.05, 0) is 54.5 Å². The molecule has 2 aliphatic heterocycles. The van der Waals surface area contributed by atoms with E-state index in [0.717, 1.165) is 27.6 Å². The zero-order valence-electron chi connectivity index (χ0n) is 20.2. The van der Waals surface area contributed by atoms with Crippen LogP contribution in [0.15, 0.2) is 69.8 Å². The van der Waals surface area contributed by atoms with Crippen LogP contribution in [0.1, 0.15) is 48.1 Å². The van der Waals surface area contributed by atoms with E-state index < -0.39 is 12.0 Å². The highest BCUT2D eigenvalue weighted by Crippen LogP contribution is 2.46. The van der Waals surface area contributed by atoms with Crippen LogP contribution in [0, 0.1) is 19.7 Å². The van der Waals surface area contributed by atoms with Crippen molar-refractivity contribution in [2.45, 2.75) is 46.2 Å². The van der Waals surface area contributed by atoms with E-state index in [1.807, 2.05) is 43.2 Å². The molecule has 0 aromatic heterocycles. The molecule has 2 aliphatic rings. The minimum atomic E-state index is -0.456. The molecule has 0 fully saturated rings. The Morgan fingerprint density at radius 2 is 2.00 bits per heavy atom. The molecule has 0 saturated carbocycles. The summed E-state index contributed by atoms with van der Waals surface area (Å²) in [5.41, 5.74) is 5.68. The number of methoxy groups -OCH3 is 1. The highest BCUT2D eigenvalue weighted by Gasteiger charge is 2.42. The predicted octanol–water partition coefficient (Wildman–Crippen LogP) is 5.29. The Morgan fingerprint density at radius 1 is 1.20 bits per heavy atom. The number of nitrogens with one attached hydrogen (secondary N) is 1. The van der Waals surface area contributed by atoms with Crippen LogP contribution >= 0.6 is 11.8 Å². The molecular weight excluding hydrogens is 465 g/mol. The SMILES string of the molecule is CCC1=C(C(=O)OC)[C@H](c2cc(C)ccc2C)N2C(CC(=O)NCc3cccc(F)c3)=CSC2=N1. The minimum absolute atomic E-state index is 0.0958. The Hall–Kier alpha value is -3.39. The summed E-state index contributed by atoms with van der Waals surface area (Å²) in [6, 6.07) is 11.8. The van der Waals surface area contributed by atoms with Gasteiger partial charge < -0.3 is 15.0 Å². The van der Waals surface area contributed by atoms with E-state index in [-0.39, 0.29) is 24.7 Å². The van der Waals surface area contributed by atoms with Crippen molar-refractivity contribution < 1.29 is 18.7 Å². The van der Waals surface area contributed by atoms with Crippen molar-refractivity contribution in [1.82, 2.24) is 10.2 Å². The van der Waals surface area contributed by atoms with Gasteiger partial charge in [0.05, 0.1) is 30.8 Å². The molecule has 0 radical (unpaired) electrons. The number of hydrogen-bond acceptors (Lipinski definition) is 6. The molecule has 182 valence electrons. The largest absolute Gasteiger partial charge is 0.466 e. The van der Waals surface area contributed by atoms with Crippen LogP contribution < -0.4 is 5.32 Å². The molecule has 1 N–H and O–H groups in total. The normalized spacial score (nSPS) is 17.1. The standard InChI is InChI=1S/C27H28FN3O3S/c1-5-22-24(26(33)34-4)25(21-11-16(2)9-10-17(21)3)31-20(15-35-27(31)30-22)13-23(32)29-14-18-7-6-8-19(28)12-18/h6-12,15,25H,5,13-14H2,1-4H3,(H,29,32)/t25-/m0/s1. The summed E-state index contributed by atoms with van der Waals surface area (Å²) in [5, 5.41) is 5.50. The quantitative estimate of drug-likeness (QED) is 0.531. The lowest BCUT2D eigenvalue weighted by Gasteiger charge is -2.37. The number of esters is 1. The van der Waals surface area contributed by atoms with Crippen molar-refractivity contribution in [2.24, 2.45) is 4.99 Å². The number of ether oxygens (including phenoxy) is 1. The zero-order chi connectivity index (χ0) is 25.1. The van der Waals surface area contributed by atoms with Crippen molar-refractivity contribution in [3.63, 3.8) is 0 Å². The summed E-state index contributed by atoms with van der Waals surface area (Å²) >= 11 is 1.44. The fourth-order valence-electron chi connectivity index (χ4n) is 4.34. The van der Waals surface area contributed by atoms with Crippen molar-refractivity contribution >= 4 is 28.8 Å². The lowest BCUT2D eigenvalue weighted by molar-refractivity contribution is -0.136. The molecule has 0 bridgehead atoms. The van der Waals surface area contributed by atoms with Gasteiger partial charge in [-0.2, -0.15) is 0 Å². The van der Waals surface area contributed by atoms with Crippen LogP contribution in [0.25, 0.3) is 0 Å². The second-order valence-corrected chi connectivity index (χ2v) is 9.38. The summed E-state index contributed by atoms with van der Waals surface area (Å²) in [4.78, 5) is 32.6. The number of aliphatic imine (C=N–C) groups is 1. The molecule has 2 heterocycles. The van der Waals surface area contributed by atoms with Gasteiger partial charge in [0.15, 0.2) is 5.17 Å². The molecule has 35 heavy (non-hydrogen) atoms. The van der Waals surface area contributed by atoms with Crippen molar-refractivity contribution in [3.05, 3.63) is 92.9 Å². The van der Waals surface area contributed by atoms with Gasteiger partial charge in [-0.25, -0.2) is 14.2 Å². The number of amides is 1. The fourth-order valence-corrected chi connectivity index (χ4v) is 5.27. The number of allylic oxidation sites excluding steroid dienone is 1. The Labute approximate surface area is 209 Å². The van der Waals surface area contributed by atoms with Gasteiger partial charge in [-0.1, -0.05) is 54.6 Å². The monoisotopic (exact) mass is 493 g/mol. The smallest absolute Gasteiger partial charge is 0.338 e. The maximum absolute atomic E-state index is 13.5. The van der Waals surface area contributed by atoms with E-state index in [9.17, 15) is 14.0 Å². The van der Waals surface area contributed by atoms with Crippen LogP contribution in [-0.4, -0.2) is 29.1 Å². The fraction of sp³-hybridized carbons (Fsp3) is 0.296. The molecule has 0 saturated heterocycles. The maximum atomic E-state index is 13.5. The number of hydrogen-bond donors (Lipinski definition) is 1. The zero-order valence-corrected chi connectivity index (χ0v) is 21.0. The van der Waals surface area contributed by atoms with Gasteiger partial charge in [-0.15, -0.1) is 0 Å². The summed E-state index contributed by atoms with van der Waals surface area (Å²) in [5.74, 6) is -0.972. The number of rotatable bonds is 7. The first-order valence-corrected chi connectivity index (χ1v) is 12.3. The number of carbonyl (C=O) groups excluding carboxylic acids is 2. The second-order valence-electron chi connectivity index (χ2n) is 8.54. The first-order valence-electron chi connectivity index (χ1n) is 11.5. The number of thioether (sulfide) groups is 1. The van der Waals surface area contributed by atoms with Crippen LogP contribution in [0.5, 0.6) is 0 Å². The molecule has 8 heteroatoms. The van der Waals surface area contributed by atoms with E-state index >= 15 is 0 Å². The lowest BCUT2D eigenvalue weighted by atomic mass is 9.89. The molecule has 0 spiro atoms. The average Bonchev–Trinajstić information content (AvgIpc) is 3.24. The number of halogens is 1. The summed E-state index contributed by atoms with van der Waals surface area (Å²) in [7, 11) is 1.37. The van der Waals surface area contributed by atoms with Gasteiger partial charge >= 0.3 is 5.97 Å². The number of aryl methyl sites for hydroxylation is 2. The number of amidine groups is 1. The highest BCUT2D eigenvalue weighted by atomic mass is 32.2. The topological polar surface area (TPSA) is 71.0 Å².